The van der Waals surface area contributed by atoms with E-state index in [9.17, 15) is 4.20 Å². The van der Waals surface area contributed by atoms with Crippen molar-refractivity contribution in [2.24, 2.45) is 0 Å². The van der Waals surface area contributed by atoms with Crippen molar-refractivity contribution in [3.05, 3.63) is 0 Å². The molecule has 0 heterocycles. The Labute approximate surface area is 47.7 Å². The van der Waals surface area contributed by atoms with Crippen LogP contribution in [0.4, 0.5) is 4.20 Å². The third-order valence-corrected chi connectivity index (χ3v) is 0.807. The first-order chi connectivity index (χ1) is 3.77. The van der Waals surface area contributed by atoms with E-state index in [1.165, 1.54) is 0 Å². The molecule has 8 heavy (non-hydrogen) atoms. The van der Waals surface area contributed by atoms with Crippen LogP contribution in [-0.4, -0.2) is 11.5 Å². The summed E-state index contributed by atoms with van der Waals surface area (Å²) in [6.45, 7) is -0.0325. The molecular weight excluding hydrogens is 132 g/mol. The van der Waals surface area contributed by atoms with Crippen molar-refractivity contribution in [3.63, 3.8) is 0 Å². The summed E-state index contributed by atoms with van der Waals surface area (Å²) in [4.78, 5) is 7.85. The van der Waals surface area contributed by atoms with Gasteiger partial charge in [-0.2, -0.15) is 9.46 Å². The Hall–Kier alpha value is -0.230. The molecule has 0 aliphatic rings. The van der Waals surface area contributed by atoms with Gasteiger partial charge in [-0.25, -0.2) is 0 Å². The second-order valence-electron chi connectivity index (χ2n) is 0.968. The summed E-state index contributed by atoms with van der Waals surface area (Å²) < 4.78 is 15.3. The van der Waals surface area contributed by atoms with Crippen molar-refractivity contribution in [3.8, 4) is 6.07 Å². The normalized spacial score (nSPS) is 12.6. The van der Waals surface area contributed by atoms with Crippen LogP contribution in [0.1, 0.15) is 6.42 Å². The quantitative estimate of drug-likeness (QED) is 0.468. The maximum absolute atomic E-state index is 11.3. The Morgan fingerprint density at radius 1 is 1.88 bits per heavy atom. The van der Waals surface area contributed by atoms with Crippen LogP contribution in [0.5, 0.6) is 0 Å². The fourth-order valence-electron chi connectivity index (χ4n) is 0.167. The first-order valence-corrected chi connectivity index (χ1v) is 3.02. The number of halogens is 1. The van der Waals surface area contributed by atoms with Crippen LogP contribution in [0, 0.1) is 11.3 Å². The molecule has 1 atom stereocenters. The van der Waals surface area contributed by atoms with Crippen molar-refractivity contribution in [2.75, 3.05) is 6.61 Å². The third-order valence-electron chi connectivity index (χ3n) is 0.412. The van der Waals surface area contributed by atoms with Gasteiger partial charge in [0, 0.05) is 0 Å². The van der Waals surface area contributed by atoms with E-state index < -0.39 is 8.69 Å². The molecule has 0 fully saturated rings. The molecule has 3 nitrogen and oxygen atoms in total. The SMILES string of the molecule is N#CCCOP(O)F. The molecule has 0 amide bonds. The number of hydrogen-bond donors (Lipinski definition) is 1. The topological polar surface area (TPSA) is 53.2 Å². The number of rotatable bonds is 3. The molecule has 0 bridgehead atoms. The minimum atomic E-state index is -2.76. The standard InChI is InChI=1S/C3H5FNO2P/c4-8(6)7-3-1-2-5/h6H,1,3H2. The second-order valence-corrected chi connectivity index (χ2v) is 1.68. The molecular formula is C3H5FNO2P. The van der Waals surface area contributed by atoms with Crippen LogP contribution in [0.2, 0.25) is 0 Å². The molecule has 0 saturated carbocycles. The van der Waals surface area contributed by atoms with Crippen LogP contribution < -0.4 is 0 Å². The number of hydrogen-bond acceptors (Lipinski definition) is 3. The summed E-state index contributed by atoms with van der Waals surface area (Å²) in [5.74, 6) is 0. The van der Waals surface area contributed by atoms with Crippen molar-refractivity contribution in [1.29, 1.82) is 5.26 Å². The molecule has 0 aliphatic heterocycles. The van der Waals surface area contributed by atoms with Crippen LogP contribution in [0.25, 0.3) is 0 Å². The van der Waals surface area contributed by atoms with Crippen molar-refractivity contribution < 1.29 is 13.6 Å². The van der Waals surface area contributed by atoms with Gasteiger partial charge in [0.15, 0.2) is 0 Å². The summed E-state index contributed by atoms with van der Waals surface area (Å²) in [5, 5.41) is 7.85. The lowest BCUT2D eigenvalue weighted by molar-refractivity contribution is 0.290. The van der Waals surface area contributed by atoms with E-state index in [0.29, 0.717) is 0 Å². The molecule has 1 N–H and O–H groups in total. The van der Waals surface area contributed by atoms with E-state index >= 15 is 0 Å². The van der Waals surface area contributed by atoms with Crippen LogP contribution in [0.15, 0.2) is 0 Å². The van der Waals surface area contributed by atoms with E-state index in [0.717, 1.165) is 0 Å². The highest BCUT2D eigenvalue weighted by atomic mass is 31.2. The summed E-state index contributed by atoms with van der Waals surface area (Å²) in [7, 11) is -2.76. The number of nitriles is 1. The van der Waals surface area contributed by atoms with Crippen molar-refractivity contribution in [1.82, 2.24) is 0 Å². The molecule has 0 aliphatic carbocycles. The Morgan fingerprint density at radius 2 is 2.50 bits per heavy atom. The molecule has 0 aromatic rings. The zero-order valence-electron chi connectivity index (χ0n) is 4.04. The van der Waals surface area contributed by atoms with E-state index in [4.69, 9.17) is 10.2 Å². The third kappa shape index (κ3) is 5.77. The largest absolute Gasteiger partial charge is 0.372 e. The molecule has 0 aromatic carbocycles. The molecule has 0 aromatic heterocycles. The molecule has 0 spiro atoms. The molecule has 0 saturated heterocycles. The lowest BCUT2D eigenvalue weighted by atomic mass is 10.5. The minimum absolute atomic E-state index is 0.0325. The highest BCUT2D eigenvalue weighted by Crippen LogP contribution is 2.31. The Kier molecular flexibility index (Phi) is 4.78. The zero-order valence-corrected chi connectivity index (χ0v) is 4.94. The second kappa shape index (κ2) is 4.92. The average molecular weight is 137 g/mol. The van der Waals surface area contributed by atoms with Gasteiger partial charge < -0.3 is 9.42 Å². The molecule has 46 valence electrons. The lowest BCUT2D eigenvalue weighted by Gasteiger charge is -1.94. The van der Waals surface area contributed by atoms with Gasteiger partial charge in [0.1, 0.15) is 0 Å². The van der Waals surface area contributed by atoms with Crippen LogP contribution in [-0.2, 0) is 4.52 Å². The predicted octanol–water partition coefficient (Wildman–Crippen LogP) is 1.11. The molecule has 5 heteroatoms. The minimum Gasteiger partial charge on any atom is -0.325 e. The van der Waals surface area contributed by atoms with Crippen LogP contribution >= 0.6 is 8.69 Å². The summed E-state index contributed by atoms with van der Waals surface area (Å²) in [5.41, 5.74) is 0. The maximum Gasteiger partial charge on any atom is 0.372 e. The van der Waals surface area contributed by atoms with Gasteiger partial charge in [0.2, 0.25) is 0 Å². The van der Waals surface area contributed by atoms with E-state index in [2.05, 4.69) is 4.52 Å². The van der Waals surface area contributed by atoms with Crippen molar-refractivity contribution >= 4 is 8.69 Å². The maximum atomic E-state index is 11.3. The molecule has 1 unspecified atom stereocenters. The average Bonchev–Trinajstić information content (AvgIpc) is 1.66. The first kappa shape index (κ1) is 7.77. The smallest absolute Gasteiger partial charge is 0.325 e. The van der Waals surface area contributed by atoms with E-state index in [1.54, 1.807) is 6.07 Å². The van der Waals surface area contributed by atoms with Crippen molar-refractivity contribution in [2.45, 2.75) is 6.42 Å². The summed E-state index contributed by atoms with van der Waals surface area (Å²) in [6.07, 6.45) is 0.114. The fraction of sp³-hybridized carbons (Fsp3) is 0.667. The zero-order chi connectivity index (χ0) is 6.41. The first-order valence-electron chi connectivity index (χ1n) is 1.92. The Balaban J connectivity index is 2.85. The molecule has 0 rings (SSSR count). The summed E-state index contributed by atoms with van der Waals surface area (Å²) in [6, 6.07) is 1.73. The number of nitrogens with zero attached hydrogens (tertiary/aromatic N) is 1. The van der Waals surface area contributed by atoms with Crippen LogP contribution in [0.3, 0.4) is 0 Å². The Morgan fingerprint density at radius 3 is 2.88 bits per heavy atom. The van der Waals surface area contributed by atoms with Gasteiger partial charge in [-0.15, -0.1) is 0 Å². The van der Waals surface area contributed by atoms with Gasteiger partial charge in [-0.1, -0.05) is 0 Å². The summed E-state index contributed by atoms with van der Waals surface area (Å²) >= 11 is 0. The fourth-order valence-corrected chi connectivity index (χ4v) is 0.409. The van der Waals surface area contributed by atoms with Gasteiger partial charge in [0.25, 0.3) is 0 Å². The lowest BCUT2D eigenvalue weighted by Crippen LogP contribution is -1.82. The predicted molar refractivity (Wildman–Crippen MR) is 26.4 cm³/mol. The highest BCUT2D eigenvalue weighted by Gasteiger charge is 1.98. The monoisotopic (exact) mass is 137 g/mol. The van der Waals surface area contributed by atoms with Gasteiger partial charge >= 0.3 is 8.69 Å². The highest BCUT2D eigenvalue weighted by molar-refractivity contribution is 7.40. The van der Waals surface area contributed by atoms with Gasteiger partial charge in [0.05, 0.1) is 19.1 Å². The Bertz CT molecular complexity index is 91.8. The van der Waals surface area contributed by atoms with E-state index in [1.807, 2.05) is 0 Å². The van der Waals surface area contributed by atoms with Gasteiger partial charge in [-0.05, 0) is 0 Å². The van der Waals surface area contributed by atoms with E-state index in [-0.39, 0.29) is 13.0 Å². The van der Waals surface area contributed by atoms with Gasteiger partial charge in [-0.3, -0.25) is 0 Å². The molecule has 0 radical (unpaired) electrons.